The van der Waals surface area contributed by atoms with E-state index < -0.39 is 5.97 Å². The second-order valence-electron chi connectivity index (χ2n) is 4.23. The third-order valence-corrected chi connectivity index (χ3v) is 2.90. The summed E-state index contributed by atoms with van der Waals surface area (Å²) in [5.41, 5.74) is 10.5. The molecule has 1 atom stereocenters. The Labute approximate surface area is 111 Å². The molecule has 0 fully saturated rings. The fourth-order valence-electron chi connectivity index (χ4n) is 1.93. The molecule has 0 aliphatic carbocycles. The third-order valence-electron chi connectivity index (χ3n) is 2.90. The maximum absolute atomic E-state index is 10.5. The summed E-state index contributed by atoms with van der Waals surface area (Å²) in [6, 6.07) is 5.19. The number of carbonyl (C=O) groups is 1. The highest BCUT2D eigenvalue weighted by Crippen LogP contribution is 2.29. The van der Waals surface area contributed by atoms with Crippen molar-refractivity contribution in [2.75, 3.05) is 7.11 Å². The Bertz CT molecular complexity index is 496. The van der Waals surface area contributed by atoms with Gasteiger partial charge in [0.2, 0.25) is 0 Å². The summed E-state index contributed by atoms with van der Waals surface area (Å²) in [6.07, 6.45) is 1.07. The first-order chi connectivity index (χ1) is 9.08. The molecule has 0 amide bonds. The van der Waals surface area contributed by atoms with Gasteiger partial charge < -0.3 is 9.84 Å². The molecule has 0 aromatic heterocycles. The fraction of sp³-hybridized carbons (Fsp3) is 0.462. The number of hydrogen-bond donors (Lipinski definition) is 1. The van der Waals surface area contributed by atoms with E-state index in [-0.39, 0.29) is 12.5 Å². The number of carboxylic acid groups (broad SMARTS) is 1. The highest BCUT2D eigenvalue weighted by atomic mass is 16.5. The van der Waals surface area contributed by atoms with E-state index in [1.54, 1.807) is 13.2 Å². The number of hydrogen-bond acceptors (Lipinski definition) is 3. The minimum atomic E-state index is -0.842. The lowest BCUT2D eigenvalue weighted by Gasteiger charge is -2.14. The van der Waals surface area contributed by atoms with Gasteiger partial charge in [0.1, 0.15) is 5.75 Å². The van der Waals surface area contributed by atoms with Crippen LogP contribution >= 0.6 is 0 Å². The Balaban J connectivity index is 2.86. The normalized spacial score (nSPS) is 11.5. The van der Waals surface area contributed by atoms with Gasteiger partial charge in [0, 0.05) is 11.3 Å². The average molecular weight is 263 g/mol. The lowest BCUT2D eigenvalue weighted by Crippen LogP contribution is -2.01. The van der Waals surface area contributed by atoms with Gasteiger partial charge in [0.15, 0.2) is 0 Å². The molecule has 0 heterocycles. The molecule has 19 heavy (non-hydrogen) atoms. The standard InChI is InChI=1S/C13H17N3O3/c1-9-8-10(19-2)6-7-11(9)12(15-16-14)4-3-5-13(17)18/h6-8,12H,3-5H2,1-2H3,(H,17,18). The summed E-state index contributed by atoms with van der Waals surface area (Å²) < 4.78 is 5.12. The molecule has 1 aromatic carbocycles. The topological polar surface area (TPSA) is 95.3 Å². The molecule has 1 rings (SSSR count). The largest absolute Gasteiger partial charge is 0.497 e. The van der Waals surface area contributed by atoms with E-state index in [0.717, 1.165) is 16.9 Å². The molecule has 6 heteroatoms. The van der Waals surface area contributed by atoms with Gasteiger partial charge in [-0.15, -0.1) is 0 Å². The Morgan fingerprint density at radius 3 is 2.84 bits per heavy atom. The summed E-state index contributed by atoms with van der Waals surface area (Å²) in [4.78, 5) is 13.3. The number of benzene rings is 1. The first-order valence-corrected chi connectivity index (χ1v) is 5.99. The maximum Gasteiger partial charge on any atom is 0.303 e. The Morgan fingerprint density at radius 2 is 2.32 bits per heavy atom. The van der Waals surface area contributed by atoms with Crippen molar-refractivity contribution in [3.05, 3.63) is 39.8 Å². The second kappa shape index (κ2) is 7.28. The van der Waals surface area contributed by atoms with Gasteiger partial charge in [-0.25, -0.2) is 0 Å². The van der Waals surface area contributed by atoms with Gasteiger partial charge >= 0.3 is 5.97 Å². The molecule has 1 aromatic rings. The molecule has 0 saturated heterocycles. The van der Waals surface area contributed by atoms with Gasteiger partial charge in [-0.3, -0.25) is 4.79 Å². The highest BCUT2D eigenvalue weighted by Gasteiger charge is 2.13. The van der Waals surface area contributed by atoms with E-state index in [1.165, 1.54) is 0 Å². The molecule has 0 aliphatic rings. The lowest BCUT2D eigenvalue weighted by molar-refractivity contribution is -0.137. The molecule has 0 aliphatic heterocycles. The van der Waals surface area contributed by atoms with Crippen LogP contribution in [0.5, 0.6) is 5.75 Å². The summed E-state index contributed by atoms with van der Waals surface area (Å²) >= 11 is 0. The highest BCUT2D eigenvalue weighted by molar-refractivity contribution is 5.66. The number of azide groups is 1. The van der Waals surface area contributed by atoms with Crippen LogP contribution in [0.4, 0.5) is 0 Å². The van der Waals surface area contributed by atoms with Crippen LogP contribution in [0.15, 0.2) is 23.3 Å². The summed E-state index contributed by atoms with van der Waals surface area (Å²) in [6.45, 7) is 1.91. The molecule has 0 radical (unpaired) electrons. The van der Waals surface area contributed by atoms with Crippen LogP contribution in [0, 0.1) is 6.92 Å². The SMILES string of the molecule is COc1ccc(C(CCCC(=O)O)N=[N+]=[N-])c(C)c1. The van der Waals surface area contributed by atoms with Crippen LogP contribution in [-0.2, 0) is 4.79 Å². The molecule has 6 nitrogen and oxygen atoms in total. The summed E-state index contributed by atoms with van der Waals surface area (Å²) in [5.74, 6) is -0.0994. The smallest absolute Gasteiger partial charge is 0.303 e. The quantitative estimate of drug-likeness (QED) is 0.462. The van der Waals surface area contributed by atoms with Crippen LogP contribution in [0.3, 0.4) is 0 Å². The van der Waals surface area contributed by atoms with Crippen molar-refractivity contribution in [1.29, 1.82) is 0 Å². The van der Waals surface area contributed by atoms with Crippen molar-refractivity contribution in [1.82, 2.24) is 0 Å². The zero-order valence-electron chi connectivity index (χ0n) is 11.0. The number of aliphatic carboxylic acids is 1. The molecular weight excluding hydrogens is 246 g/mol. The van der Waals surface area contributed by atoms with Crippen molar-refractivity contribution in [2.45, 2.75) is 32.2 Å². The minimum Gasteiger partial charge on any atom is -0.497 e. The fourth-order valence-corrected chi connectivity index (χ4v) is 1.93. The summed E-state index contributed by atoms with van der Waals surface area (Å²) in [5, 5.41) is 12.4. The van der Waals surface area contributed by atoms with Crippen LogP contribution < -0.4 is 4.74 Å². The lowest BCUT2D eigenvalue weighted by atomic mass is 9.97. The number of nitrogens with zero attached hydrogens (tertiary/aromatic N) is 3. The van der Waals surface area contributed by atoms with Crippen LogP contribution in [0.2, 0.25) is 0 Å². The zero-order chi connectivity index (χ0) is 14.3. The van der Waals surface area contributed by atoms with E-state index in [0.29, 0.717) is 12.8 Å². The number of ether oxygens (including phenoxy) is 1. The minimum absolute atomic E-state index is 0.0760. The van der Waals surface area contributed by atoms with Gasteiger partial charge in [-0.1, -0.05) is 11.2 Å². The van der Waals surface area contributed by atoms with Crippen LogP contribution in [0.1, 0.15) is 36.4 Å². The Kier molecular flexibility index (Phi) is 5.70. The number of aryl methyl sites for hydroxylation is 1. The molecule has 1 N–H and O–H groups in total. The van der Waals surface area contributed by atoms with E-state index in [2.05, 4.69) is 10.0 Å². The zero-order valence-corrected chi connectivity index (χ0v) is 11.0. The monoisotopic (exact) mass is 263 g/mol. The molecule has 0 saturated carbocycles. The number of methoxy groups -OCH3 is 1. The van der Waals surface area contributed by atoms with E-state index in [9.17, 15) is 4.79 Å². The van der Waals surface area contributed by atoms with Crippen LogP contribution in [0.25, 0.3) is 10.4 Å². The first-order valence-electron chi connectivity index (χ1n) is 5.99. The molecule has 0 spiro atoms. The first kappa shape index (κ1) is 14.9. The van der Waals surface area contributed by atoms with Crippen molar-refractivity contribution in [3.8, 4) is 5.75 Å². The number of rotatable bonds is 7. The predicted molar refractivity (Wildman–Crippen MR) is 71.1 cm³/mol. The maximum atomic E-state index is 10.5. The Hall–Kier alpha value is -2.20. The van der Waals surface area contributed by atoms with Crippen molar-refractivity contribution >= 4 is 5.97 Å². The van der Waals surface area contributed by atoms with E-state index in [4.69, 9.17) is 15.4 Å². The van der Waals surface area contributed by atoms with Gasteiger partial charge in [0.05, 0.1) is 13.2 Å². The van der Waals surface area contributed by atoms with E-state index >= 15 is 0 Å². The molecule has 0 bridgehead atoms. The predicted octanol–water partition coefficient (Wildman–Crippen LogP) is 3.61. The van der Waals surface area contributed by atoms with Gasteiger partial charge in [-0.05, 0) is 48.6 Å². The second-order valence-corrected chi connectivity index (χ2v) is 4.23. The molecule has 102 valence electrons. The average Bonchev–Trinajstić information content (AvgIpc) is 2.37. The van der Waals surface area contributed by atoms with E-state index in [1.807, 2.05) is 19.1 Å². The summed E-state index contributed by atoms with van der Waals surface area (Å²) in [7, 11) is 1.59. The van der Waals surface area contributed by atoms with Gasteiger partial charge in [-0.2, -0.15) is 0 Å². The van der Waals surface area contributed by atoms with Crippen molar-refractivity contribution in [2.24, 2.45) is 5.11 Å². The van der Waals surface area contributed by atoms with Crippen molar-refractivity contribution in [3.63, 3.8) is 0 Å². The van der Waals surface area contributed by atoms with Crippen molar-refractivity contribution < 1.29 is 14.6 Å². The molecular formula is C13H17N3O3. The molecule has 1 unspecified atom stereocenters. The third kappa shape index (κ3) is 4.52. The Morgan fingerprint density at radius 1 is 1.58 bits per heavy atom. The number of carboxylic acids is 1. The van der Waals surface area contributed by atoms with Crippen LogP contribution in [-0.4, -0.2) is 18.2 Å². The van der Waals surface area contributed by atoms with Gasteiger partial charge in [0.25, 0.3) is 0 Å².